The number of nitrogens with two attached hydrogens (primary N) is 1. The van der Waals surface area contributed by atoms with Gasteiger partial charge in [-0.25, -0.2) is 0 Å². The van der Waals surface area contributed by atoms with Gasteiger partial charge in [0.1, 0.15) is 0 Å². The van der Waals surface area contributed by atoms with Gasteiger partial charge in [-0.15, -0.1) is 0 Å². The van der Waals surface area contributed by atoms with Gasteiger partial charge in [0.2, 0.25) is 0 Å². The van der Waals surface area contributed by atoms with Gasteiger partial charge in [-0.1, -0.05) is 147 Å². The lowest BCUT2D eigenvalue weighted by molar-refractivity contribution is 0.608. The molecule has 0 atom stereocenters. The zero-order chi connectivity index (χ0) is 25.6. The average Bonchev–Trinajstić information content (AvgIpc) is 2.57. The van der Waals surface area contributed by atoms with Crippen LogP contribution in [0.3, 0.4) is 0 Å². The average molecular weight is 486 g/mol. The smallest absolute Gasteiger partial charge is 0.0649 e. The van der Waals surface area contributed by atoms with Crippen molar-refractivity contribution in [3.05, 3.63) is 59.7 Å². The van der Waals surface area contributed by atoms with Crippen LogP contribution in [-0.2, 0) is 5.54 Å². The van der Waals surface area contributed by atoms with Crippen LogP contribution < -0.4 is 16.3 Å². The Morgan fingerprint density at radius 3 is 0.939 bits per heavy atom. The molecule has 0 saturated heterocycles. The largest absolute Gasteiger partial charge is 0.318 e. The molecule has 0 radical (unpaired) electrons. The Bertz CT molecular complexity index is 841. The van der Waals surface area contributed by atoms with Gasteiger partial charge in [0.05, 0.1) is 5.54 Å². The highest BCUT2D eigenvalue weighted by molar-refractivity contribution is 7.69. The van der Waals surface area contributed by atoms with E-state index in [1.54, 1.807) is 0 Å². The van der Waals surface area contributed by atoms with Crippen molar-refractivity contribution in [3.63, 3.8) is 0 Å². The molecular formula is C30H49NP2. The minimum absolute atomic E-state index is 0.183. The molecule has 0 aliphatic heterocycles. The fourth-order valence-electron chi connectivity index (χ4n) is 5.82. The summed E-state index contributed by atoms with van der Waals surface area (Å²) < 4.78 is 0. The van der Waals surface area contributed by atoms with Gasteiger partial charge in [-0.05, 0) is 49.3 Å². The van der Waals surface area contributed by atoms with Crippen molar-refractivity contribution in [1.82, 2.24) is 0 Å². The first-order chi connectivity index (χ1) is 14.7. The lowest BCUT2D eigenvalue weighted by Gasteiger charge is -2.46. The Balaban J connectivity index is 2.85. The SMILES string of the molecule is CC(N)(c1ccccc1P(C(C)(C)C)C(C)(C)C)c1ccccc1P(C(C)(C)C)C(C)(C)C. The second-order valence-electron chi connectivity index (χ2n) is 13.6. The van der Waals surface area contributed by atoms with Crippen molar-refractivity contribution in [1.29, 1.82) is 0 Å². The molecule has 0 heterocycles. The highest BCUT2D eigenvalue weighted by Crippen LogP contribution is 2.61. The standard InChI is InChI=1S/C30H49NP2/c1-26(2,3)32(27(4,5)6)24-20-16-14-18-22(24)30(13,31)23-19-15-17-21-25(23)33(28(7,8)9)29(10,11)12/h14-21H,31H2,1-13H3. The summed E-state index contributed by atoms with van der Waals surface area (Å²) in [4.78, 5) is 0. The predicted molar refractivity (Wildman–Crippen MR) is 156 cm³/mol. The number of benzene rings is 2. The maximum absolute atomic E-state index is 7.43. The van der Waals surface area contributed by atoms with E-state index in [-0.39, 0.29) is 20.6 Å². The molecule has 0 fully saturated rings. The normalized spacial score (nSPS) is 14.3. The third-order valence-corrected chi connectivity index (χ3v) is 13.2. The van der Waals surface area contributed by atoms with Gasteiger partial charge in [0.25, 0.3) is 0 Å². The van der Waals surface area contributed by atoms with E-state index < -0.39 is 21.4 Å². The van der Waals surface area contributed by atoms with E-state index in [0.29, 0.717) is 0 Å². The second kappa shape index (κ2) is 9.37. The number of hydrogen-bond donors (Lipinski definition) is 1. The van der Waals surface area contributed by atoms with Crippen molar-refractivity contribution >= 4 is 26.5 Å². The molecule has 33 heavy (non-hydrogen) atoms. The van der Waals surface area contributed by atoms with Gasteiger partial charge in [-0.2, -0.15) is 0 Å². The van der Waals surface area contributed by atoms with Crippen LogP contribution in [0.15, 0.2) is 48.5 Å². The van der Waals surface area contributed by atoms with Crippen LogP contribution in [-0.4, -0.2) is 20.6 Å². The van der Waals surface area contributed by atoms with Crippen molar-refractivity contribution in [3.8, 4) is 0 Å². The maximum atomic E-state index is 7.43. The van der Waals surface area contributed by atoms with Crippen molar-refractivity contribution in [2.24, 2.45) is 5.73 Å². The molecule has 0 aliphatic rings. The zero-order valence-corrected chi connectivity index (χ0v) is 25.4. The maximum Gasteiger partial charge on any atom is 0.0649 e. The van der Waals surface area contributed by atoms with E-state index in [1.807, 2.05) is 0 Å². The summed E-state index contributed by atoms with van der Waals surface area (Å²) in [5.41, 5.74) is 9.43. The van der Waals surface area contributed by atoms with Crippen molar-refractivity contribution in [2.45, 2.75) is 116 Å². The first kappa shape index (κ1) is 28.5. The van der Waals surface area contributed by atoms with E-state index in [9.17, 15) is 0 Å². The first-order valence-corrected chi connectivity index (χ1v) is 15.0. The van der Waals surface area contributed by atoms with Crippen LogP contribution in [0.5, 0.6) is 0 Å². The lowest BCUT2D eigenvalue weighted by atomic mass is 9.85. The van der Waals surface area contributed by atoms with Gasteiger partial charge < -0.3 is 5.73 Å². The van der Waals surface area contributed by atoms with Crippen LogP contribution in [0.2, 0.25) is 0 Å². The number of rotatable bonds is 4. The molecule has 0 aliphatic carbocycles. The van der Waals surface area contributed by atoms with Gasteiger partial charge in [0.15, 0.2) is 0 Å². The highest BCUT2D eigenvalue weighted by Gasteiger charge is 2.42. The second-order valence-corrected chi connectivity index (χ2v) is 21.3. The lowest BCUT2D eigenvalue weighted by Crippen LogP contribution is -2.45. The fourth-order valence-corrected chi connectivity index (χ4v) is 14.3. The van der Waals surface area contributed by atoms with Crippen LogP contribution in [0.4, 0.5) is 0 Å². The number of hydrogen-bond acceptors (Lipinski definition) is 1. The molecule has 0 unspecified atom stereocenters. The summed E-state index contributed by atoms with van der Waals surface area (Å²) in [6, 6.07) is 18.0. The van der Waals surface area contributed by atoms with Crippen LogP contribution in [0.25, 0.3) is 0 Å². The van der Waals surface area contributed by atoms with Gasteiger partial charge in [-0.3, -0.25) is 0 Å². The molecule has 184 valence electrons. The summed E-state index contributed by atoms with van der Waals surface area (Å²) in [5, 5.41) is 3.63. The Hall–Kier alpha value is -0.740. The van der Waals surface area contributed by atoms with Crippen LogP contribution in [0.1, 0.15) is 101 Å². The molecule has 0 bridgehead atoms. The molecule has 2 N–H and O–H groups in total. The summed E-state index contributed by atoms with van der Waals surface area (Å²) in [6.45, 7) is 30.9. The molecule has 0 saturated carbocycles. The third kappa shape index (κ3) is 6.28. The molecule has 3 heteroatoms. The Morgan fingerprint density at radius 2 is 0.697 bits per heavy atom. The molecule has 0 spiro atoms. The Kier molecular flexibility index (Phi) is 8.09. The predicted octanol–water partition coefficient (Wildman–Crippen LogP) is 8.32. The van der Waals surface area contributed by atoms with E-state index in [0.717, 1.165) is 0 Å². The van der Waals surface area contributed by atoms with Crippen LogP contribution in [0, 0.1) is 0 Å². The van der Waals surface area contributed by atoms with E-state index in [1.165, 1.54) is 21.7 Å². The highest BCUT2D eigenvalue weighted by atomic mass is 31.1. The molecule has 1 nitrogen and oxygen atoms in total. The summed E-state index contributed by atoms with van der Waals surface area (Å²) in [7, 11) is -0.916. The summed E-state index contributed by atoms with van der Waals surface area (Å²) >= 11 is 0. The minimum Gasteiger partial charge on any atom is -0.318 e. The molecular weight excluding hydrogens is 436 g/mol. The van der Waals surface area contributed by atoms with E-state index in [4.69, 9.17) is 5.73 Å². The first-order valence-electron chi connectivity index (χ1n) is 12.3. The van der Waals surface area contributed by atoms with Gasteiger partial charge in [0, 0.05) is 0 Å². The zero-order valence-electron chi connectivity index (χ0n) is 23.6. The molecule has 2 aromatic rings. The quantitative estimate of drug-likeness (QED) is 0.433. The molecule has 0 aromatic heterocycles. The van der Waals surface area contributed by atoms with Crippen molar-refractivity contribution in [2.75, 3.05) is 0 Å². The Morgan fingerprint density at radius 1 is 0.455 bits per heavy atom. The summed E-state index contributed by atoms with van der Waals surface area (Å²) in [5.74, 6) is 0. The topological polar surface area (TPSA) is 26.0 Å². The minimum atomic E-state index is -0.568. The van der Waals surface area contributed by atoms with Crippen molar-refractivity contribution < 1.29 is 0 Å². The monoisotopic (exact) mass is 485 g/mol. The fraction of sp³-hybridized carbons (Fsp3) is 0.600. The Labute approximate surface area is 207 Å². The summed E-state index contributed by atoms with van der Waals surface area (Å²) in [6.07, 6.45) is 0. The molecule has 0 amide bonds. The third-order valence-electron chi connectivity index (χ3n) is 6.09. The van der Waals surface area contributed by atoms with E-state index >= 15 is 0 Å². The van der Waals surface area contributed by atoms with E-state index in [2.05, 4.69) is 139 Å². The van der Waals surface area contributed by atoms with Gasteiger partial charge >= 0.3 is 0 Å². The molecule has 2 aromatic carbocycles. The van der Waals surface area contributed by atoms with Crippen LogP contribution >= 0.6 is 15.8 Å². The molecule has 2 rings (SSSR count).